The summed E-state index contributed by atoms with van der Waals surface area (Å²) in [6.45, 7) is 4.36. The van der Waals surface area contributed by atoms with Crippen LogP contribution in [-0.4, -0.2) is 60.6 Å². The van der Waals surface area contributed by atoms with Gasteiger partial charge in [0.05, 0.1) is 17.0 Å². The van der Waals surface area contributed by atoms with Crippen LogP contribution in [0.5, 0.6) is 0 Å². The second-order valence-electron chi connectivity index (χ2n) is 10.5. The number of aromatic nitrogens is 4. The van der Waals surface area contributed by atoms with Crippen molar-refractivity contribution in [2.24, 2.45) is 11.3 Å². The van der Waals surface area contributed by atoms with Crippen LogP contribution in [0.4, 0.5) is 13.2 Å². The van der Waals surface area contributed by atoms with E-state index >= 15 is 0 Å². The first kappa shape index (κ1) is 22.0. The van der Waals surface area contributed by atoms with Crippen LogP contribution in [0.1, 0.15) is 61.9 Å². The van der Waals surface area contributed by atoms with Gasteiger partial charge in [-0.1, -0.05) is 6.92 Å². The maximum absolute atomic E-state index is 13.7. The zero-order chi connectivity index (χ0) is 23.7. The molecule has 1 aliphatic carbocycles. The highest BCUT2D eigenvalue weighted by Gasteiger charge is 2.61. The van der Waals surface area contributed by atoms with Gasteiger partial charge in [0.1, 0.15) is 12.7 Å². The lowest BCUT2D eigenvalue weighted by Gasteiger charge is -2.37. The Morgan fingerprint density at radius 2 is 1.94 bits per heavy atom. The first-order valence-electron chi connectivity index (χ1n) is 12.2. The van der Waals surface area contributed by atoms with Gasteiger partial charge in [0.25, 0.3) is 0 Å². The molecule has 3 fully saturated rings. The first-order valence-corrected chi connectivity index (χ1v) is 12.2. The van der Waals surface area contributed by atoms with Gasteiger partial charge >= 0.3 is 6.18 Å². The zero-order valence-electron chi connectivity index (χ0n) is 19.2. The minimum atomic E-state index is -4.43. The van der Waals surface area contributed by atoms with Gasteiger partial charge in [-0.15, -0.1) is 0 Å². The van der Waals surface area contributed by atoms with Crippen LogP contribution in [0.25, 0.3) is 0 Å². The van der Waals surface area contributed by atoms with Crippen LogP contribution in [0.2, 0.25) is 0 Å². The Morgan fingerprint density at radius 1 is 1.15 bits per heavy atom. The molecule has 182 valence electrons. The monoisotopic (exact) mass is 474 g/mol. The molecule has 6 rings (SSSR count). The molecule has 1 saturated carbocycles. The normalized spacial score (nSPS) is 32.4. The van der Waals surface area contributed by atoms with Crippen molar-refractivity contribution in [2.75, 3.05) is 13.1 Å². The van der Waals surface area contributed by atoms with Gasteiger partial charge in [-0.3, -0.25) is 9.78 Å². The molecule has 0 radical (unpaired) electrons. The molecule has 10 heteroatoms. The van der Waals surface area contributed by atoms with Crippen LogP contribution >= 0.6 is 0 Å². The molecule has 3 unspecified atom stereocenters. The van der Waals surface area contributed by atoms with Crippen LogP contribution in [0, 0.1) is 11.3 Å². The average Bonchev–Trinajstić information content (AvgIpc) is 3.56. The van der Waals surface area contributed by atoms with Gasteiger partial charge in [-0.2, -0.15) is 18.3 Å². The van der Waals surface area contributed by atoms with E-state index in [0.29, 0.717) is 29.8 Å². The number of carbonyl (C=O) groups is 1. The topological polar surface area (TPSA) is 67.2 Å². The third kappa shape index (κ3) is 3.36. The quantitative estimate of drug-likeness (QED) is 0.667. The van der Waals surface area contributed by atoms with Crippen LogP contribution in [0.3, 0.4) is 0 Å². The lowest BCUT2D eigenvalue weighted by Crippen LogP contribution is -2.42. The second-order valence-corrected chi connectivity index (χ2v) is 10.5. The smallest absolute Gasteiger partial charge is 0.334 e. The van der Waals surface area contributed by atoms with Crippen molar-refractivity contribution >= 4 is 5.91 Å². The molecule has 1 spiro atoms. The fourth-order valence-electron chi connectivity index (χ4n) is 7.03. The van der Waals surface area contributed by atoms with Crippen LogP contribution in [-0.2, 0) is 23.9 Å². The van der Waals surface area contributed by atoms with Gasteiger partial charge in [-0.25, -0.2) is 9.67 Å². The van der Waals surface area contributed by atoms with E-state index in [0.717, 1.165) is 51.4 Å². The van der Waals surface area contributed by atoms with E-state index in [1.807, 2.05) is 9.58 Å². The summed E-state index contributed by atoms with van der Waals surface area (Å²) in [4.78, 5) is 26.4. The maximum atomic E-state index is 13.7. The lowest BCUT2D eigenvalue weighted by atomic mass is 9.73. The summed E-state index contributed by atoms with van der Waals surface area (Å²) in [5.74, 6) is 0.294. The minimum Gasteiger partial charge on any atom is -0.334 e. The number of nitrogens with zero attached hydrogens (tertiary/aromatic N) is 6. The van der Waals surface area contributed by atoms with Gasteiger partial charge in [0, 0.05) is 50.0 Å². The predicted octanol–water partition coefficient (Wildman–Crippen LogP) is 3.47. The Hall–Kier alpha value is -2.49. The van der Waals surface area contributed by atoms with Gasteiger partial charge in [0.2, 0.25) is 5.91 Å². The number of fused-ring (bicyclic) bond motifs is 2. The Labute approximate surface area is 196 Å². The van der Waals surface area contributed by atoms with E-state index in [1.165, 1.54) is 6.07 Å². The molecule has 34 heavy (non-hydrogen) atoms. The number of carbonyl (C=O) groups excluding carboxylic acids is 1. The van der Waals surface area contributed by atoms with Crippen LogP contribution < -0.4 is 0 Å². The number of hydrogen-bond donors (Lipinski definition) is 0. The number of halogens is 3. The molecular formula is C24H29F3N6O. The number of hydrogen-bond acceptors (Lipinski definition) is 5. The van der Waals surface area contributed by atoms with E-state index in [2.05, 4.69) is 26.9 Å². The third-order valence-corrected chi connectivity index (χ3v) is 9.02. The van der Waals surface area contributed by atoms with Gasteiger partial charge < -0.3 is 9.80 Å². The molecule has 0 aromatic carbocycles. The summed E-state index contributed by atoms with van der Waals surface area (Å²) in [6, 6.07) is 1.95. The average molecular weight is 475 g/mol. The van der Waals surface area contributed by atoms with Crippen molar-refractivity contribution in [3.63, 3.8) is 0 Å². The van der Waals surface area contributed by atoms with E-state index in [1.54, 1.807) is 12.7 Å². The molecule has 2 aromatic rings. The molecular weight excluding hydrogens is 445 g/mol. The fourth-order valence-corrected chi connectivity index (χ4v) is 7.03. The van der Waals surface area contributed by atoms with E-state index < -0.39 is 17.2 Å². The number of pyridine rings is 1. The standard InChI is InChI=1S/C24H29F3N6O/c1-15-21-9-20-16(8-17(11-29-20)24(25,26)27)12-32(21)22(34)23(15)5-2-19(10-23)31-6-3-18(4-7-31)33-14-28-13-30-33/h8,11,13-15,18-19,21H,2-7,9-10,12H2,1H3/t15?,19?,21?,23-/m0/s1. The third-order valence-electron chi connectivity index (χ3n) is 9.02. The van der Waals surface area contributed by atoms with Gasteiger partial charge in [-0.05, 0) is 49.7 Å². The molecule has 5 heterocycles. The molecule has 2 aromatic heterocycles. The van der Waals surface area contributed by atoms with Gasteiger partial charge in [0.15, 0.2) is 0 Å². The van der Waals surface area contributed by atoms with Crippen molar-refractivity contribution in [3.05, 3.63) is 41.7 Å². The van der Waals surface area contributed by atoms with Crippen molar-refractivity contribution in [1.82, 2.24) is 29.5 Å². The van der Waals surface area contributed by atoms with Crippen LogP contribution in [0.15, 0.2) is 24.9 Å². The maximum Gasteiger partial charge on any atom is 0.417 e. The second kappa shape index (κ2) is 7.76. The Morgan fingerprint density at radius 3 is 2.65 bits per heavy atom. The molecule has 3 aliphatic heterocycles. The van der Waals surface area contributed by atoms with Crippen molar-refractivity contribution < 1.29 is 18.0 Å². The molecule has 4 atom stereocenters. The SMILES string of the molecule is CC1C2Cc3ncc(C(F)(F)F)cc3CN2C(=O)[C@]12CCC(N1CCC(n3cncn3)CC1)C2. The zero-order valence-corrected chi connectivity index (χ0v) is 19.2. The Kier molecular flexibility index (Phi) is 5.02. The largest absolute Gasteiger partial charge is 0.417 e. The minimum absolute atomic E-state index is 0.0149. The summed E-state index contributed by atoms with van der Waals surface area (Å²) >= 11 is 0. The van der Waals surface area contributed by atoms with E-state index in [4.69, 9.17) is 0 Å². The summed E-state index contributed by atoms with van der Waals surface area (Å²) in [5.41, 5.74) is 0.0888. The number of likely N-dealkylation sites (tertiary alicyclic amines) is 1. The number of rotatable bonds is 2. The predicted molar refractivity (Wildman–Crippen MR) is 116 cm³/mol. The summed E-state index contributed by atoms with van der Waals surface area (Å²) in [6.07, 6.45) is 5.13. The number of amides is 1. The highest BCUT2D eigenvalue weighted by Crippen LogP contribution is 2.55. The number of alkyl halides is 3. The first-order chi connectivity index (χ1) is 16.3. The Balaban J connectivity index is 1.17. The van der Waals surface area contributed by atoms with Crippen molar-refractivity contribution in [3.8, 4) is 0 Å². The Bertz CT molecular complexity index is 1080. The van der Waals surface area contributed by atoms with Crippen molar-refractivity contribution in [2.45, 2.75) is 76.3 Å². The fraction of sp³-hybridized carbons (Fsp3) is 0.667. The van der Waals surface area contributed by atoms with Crippen molar-refractivity contribution in [1.29, 1.82) is 0 Å². The highest BCUT2D eigenvalue weighted by molar-refractivity contribution is 5.87. The molecule has 4 aliphatic rings. The molecule has 0 N–H and O–H groups in total. The molecule has 7 nitrogen and oxygen atoms in total. The summed E-state index contributed by atoms with van der Waals surface area (Å²) in [7, 11) is 0. The summed E-state index contributed by atoms with van der Waals surface area (Å²) in [5, 5.41) is 4.29. The summed E-state index contributed by atoms with van der Waals surface area (Å²) < 4.78 is 41.5. The molecule has 1 amide bonds. The van der Waals surface area contributed by atoms with E-state index in [9.17, 15) is 18.0 Å². The highest BCUT2D eigenvalue weighted by atomic mass is 19.4. The van der Waals surface area contributed by atoms with E-state index in [-0.39, 0.29) is 24.4 Å². The molecule has 2 saturated heterocycles. The lowest BCUT2D eigenvalue weighted by molar-refractivity contribution is -0.138. The number of piperidine rings is 1. The molecule has 0 bridgehead atoms.